The molecule has 0 unspecified atom stereocenters. The zero-order valence-electron chi connectivity index (χ0n) is 14.7. The molecule has 0 aromatic heterocycles. The van der Waals surface area contributed by atoms with Crippen LogP contribution in [0.15, 0.2) is 36.4 Å². The van der Waals surface area contributed by atoms with Crippen LogP contribution in [-0.2, 0) is 16.4 Å². The van der Waals surface area contributed by atoms with Crippen molar-refractivity contribution in [3.05, 3.63) is 58.7 Å². The molecule has 2 aromatic carbocycles. The maximum absolute atomic E-state index is 12.6. The highest BCUT2D eigenvalue weighted by Crippen LogP contribution is 2.31. The molecular weight excluding hydrogens is 336 g/mol. The summed E-state index contributed by atoms with van der Waals surface area (Å²) in [6, 6.07) is 11.0. The number of rotatable bonds is 4. The van der Waals surface area contributed by atoms with Crippen LogP contribution < -0.4 is 9.62 Å². The molecule has 2 aromatic rings. The molecule has 0 aliphatic carbocycles. The average molecular weight is 358 g/mol. The number of amides is 1. The van der Waals surface area contributed by atoms with Crippen LogP contribution in [-0.4, -0.2) is 26.6 Å². The molecule has 1 aliphatic rings. The van der Waals surface area contributed by atoms with Gasteiger partial charge in [0, 0.05) is 17.8 Å². The summed E-state index contributed by atoms with van der Waals surface area (Å²) >= 11 is 0. The van der Waals surface area contributed by atoms with Crippen LogP contribution in [0.3, 0.4) is 0 Å². The first-order chi connectivity index (χ1) is 11.8. The molecule has 3 rings (SSSR count). The largest absolute Gasteiger partial charge is 0.322 e. The monoisotopic (exact) mass is 358 g/mol. The molecule has 132 valence electrons. The van der Waals surface area contributed by atoms with Gasteiger partial charge in [-0.05, 0) is 68.1 Å². The van der Waals surface area contributed by atoms with E-state index in [-0.39, 0.29) is 11.7 Å². The fourth-order valence-electron chi connectivity index (χ4n) is 3.04. The Morgan fingerprint density at radius 3 is 2.68 bits per heavy atom. The van der Waals surface area contributed by atoms with Crippen molar-refractivity contribution in [1.82, 2.24) is 0 Å². The summed E-state index contributed by atoms with van der Waals surface area (Å²) in [6.45, 7) is 6.05. The van der Waals surface area contributed by atoms with Crippen LogP contribution in [0.1, 0.15) is 34.0 Å². The van der Waals surface area contributed by atoms with Gasteiger partial charge in [-0.1, -0.05) is 12.1 Å². The Balaban J connectivity index is 1.86. The molecule has 1 heterocycles. The molecule has 1 N–H and O–H groups in total. The zero-order valence-corrected chi connectivity index (χ0v) is 15.5. The lowest BCUT2D eigenvalue weighted by atomic mass is 10.1. The van der Waals surface area contributed by atoms with Crippen molar-refractivity contribution in [3.8, 4) is 0 Å². The summed E-state index contributed by atoms with van der Waals surface area (Å²) in [6.07, 6.45) is 0.624. The molecule has 0 spiro atoms. The van der Waals surface area contributed by atoms with Gasteiger partial charge in [-0.2, -0.15) is 0 Å². The van der Waals surface area contributed by atoms with E-state index in [2.05, 4.69) is 5.32 Å². The van der Waals surface area contributed by atoms with Crippen molar-refractivity contribution >= 4 is 27.3 Å². The molecule has 0 saturated carbocycles. The number of benzene rings is 2. The smallest absolute Gasteiger partial charge is 0.255 e. The van der Waals surface area contributed by atoms with Crippen LogP contribution in [0, 0.1) is 13.8 Å². The van der Waals surface area contributed by atoms with Gasteiger partial charge in [0.2, 0.25) is 10.0 Å². The van der Waals surface area contributed by atoms with E-state index in [1.807, 2.05) is 32.0 Å². The molecule has 0 fully saturated rings. The van der Waals surface area contributed by atoms with E-state index >= 15 is 0 Å². The molecule has 0 saturated heterocycles. The third-order valence-corrected chi connectivity index (χ3v) is 6.53. The Morgan fingerprint density at radius 2 is 1.96 bits per heavy atom. The Bertz CT molecular complexity index is 936. The fourth-order valence-corrected chi connectivity index (χ4v) is 4.20. The molecule has 0 atom stereocenters. The molecule has 25 heavy (non-hydrogen) atoms. The first-order valence-corrected chi connectivity index (χ1v) is 9.95. The number of fused-ring (bicyclic) bond motifs is 1. The summed E-state index contributed by atoms with van der Waals surface area (Å²) in [5, 5.41) is 2.94. The second-order valence-electron chi connectivity index (χ2n) is 6.27. The van der Waals surface area contributed by atoms with Gasteiger partial charge < -0.3 is 5.32 Å². The first-order valence-electron chi connectivity index (χ1n) is 8.34. The number of carbonyl (C=O) groups excluding carboxylic acids is 1. The van der Waals surface area contributed by atoms with Gasteiger partial charge in [0.05, 0.1) is 11.4 Å². The van der Waals surface area contributed by atoms with Crippen molar-refractivity contribution in [1.29, 1.82) is 0 Å². The van der Waals surface area contributed by atoms with Crippen LogP contribution >= 0.6 is 0 Å². The maximum Gasteiger partial charge on any atom is 0.255 e. The van der Waals surface area contributed by atoms with Gasteiger partial charge in [0.15, 0.2) is 0 Å². The Labute approximate surface area is 148 Å². The normalized spacial score (nSPS) is 13.6. The van der Waals surface area contributed by atoms with Crippen LogP contribution in [0.5, 0.6) is 0 Å². The molecule has 6 heteroatoms. The van der Waals surface area contributed by atoms with Gasteiger partial charge >= 0.3 is 0 Å². The topological polar surface area (TPSA) is 66.5 Å². The van der Waals surface area contributed by atoms with Crippen LogP contribution in [0.4, 0.5) is 11.4 Å². The number of aryl methyl sites for hydroxylation is 1. The fraction of sp³-hybridized carbons (Fsp3) is 0.316. The van der Waals surface area contributed by atoms with Crippen molar-refractivity contribution in [2.45, 2.75) is 27.2 Å². The number of hydrogen-bond donors (Lipinski definition) is 1. The highest BCUT2D eigenvalue weighted by atomic mass is 32.2. The number of sulfonamides is 1. The lowest BCUT2D eigenvalue weighted by Crippen LogP contribution is -2.30. The molecule has 5 nitrogen and oxygen atoms in total. The molecule has 0 radical (unpaired) electrons. The Kier molecular flexibility index (Phi) is 4.56. The SMILES string of the molecule is CCS(=O)(=O)N1CCc2cc(C(=O)Nc3cccc(C)c3C)ccc21. The van der Waals surface area contributed by atoms with Gasteiger partial charge in [0.25, 0.3) is 5.91 Å². The maximum atomic E-state index is 12.6. The summed E-state index contributed by atoms with van der Waals surface area (Å²) < 4.78 is 25.7. The molecular formula is C19H22N2O3S. The van der Waals surface area contributed by atoms with E-state index in [1.54, 1.807) is 25.1 Å². The summed E-state index contributed by atoms with van der Waals surface area (Å²) in [5.41, 5.74) is 5.07. The van der Waals surface area contributed by atoms with Crippen LogP contribution in [0.25, 0.3) is 0 Å². The van der Waals surface area contributed by atoms with E-state index in [9.17, 15) is 13.2 Å². The average Bonchev–Trinajstić information content (AvgIpc) is 3.03. The van der Waals surface area contributed by atoms with Crippen molar-refractivity contribution in [2.24, 2.45) is 0 Å². The van der Waals surface area contributed by atoms with Gasteiger partial charge in [-0.3, -0.25) is 9.10 Å². The minimum absolute atomic E-state index is 0.0707. The molecule has 1 aliphatic heterocycles. The van der Waals surface area contributed by atoms with E-state index in [1.165, 1.54) is 4.31 Å². The minimum Gasteiger partial charge on any atom is -0.322 e. The van der Waals surface area contributed by atoms with Crippen molar-refractivity contribution in [3.63, 3.8) is 0 Å². The van der Waals surface area contributed by atoms with Gasteiger partial charge in [-0.15, -0.1) is 0 Å². The Hall–Kier alpha value is -2.34. The molecule has 1 amide bonds. The number of carbonyl (C=O) groups is 1. The standard InChI is InChI=1S/C19H22N2O3S/c1-4-25(23,24)21-11-10-15-12-16(8-9-18(15)21)19(22)20-17-7-5-6-13(2)14(17)3/h5-9,12H,4,10-11H2,1-3H3,(H,20,22). The molecule has 0 bridgehead atoms. The predicted octanol–water partition coefficient (Wildman–Crippen LogP) is 3.27. The number of hydrogen-bond acceptors (Lipinski definition) is 3. The summed E-state index contributed by atoms with van der Waals surface area (Å²) in [4.78, 5) is 12.6. The van der Waals surface area contributed by atoms with Crippen molar-refractivity contribution < 1.29 is 13.2 Å². The second kappa shape index (κ2) is 6.52. The minimum atomic E-state index is -3.27. The lowest BCUT2D eigenvalue weighted by Gasteiger charge is -2.18. The van der Waals surface area contributed by atoms with Crippen LogP contribution in [0.2, 0.25) is 0 Å². The summed E-state index contributed by atoms with van der Waals surface area (Å²) in [7, 11) is -3.27. The zero-order chi connectivity index (χ0) is 18.2. The van der Waals surface area contributed by atoms with E-state index in [0.717, 1.165) is 22.4 Å². The van der Waals surface area contributed by atoms with E-state index in [4.69, 9.17) is 0 Å². The van der Waals surface area contributed by atoms with E-state index < -0.39 is 10.0 Å². The number of anilines is 2. The third-order valence-electron chi connectivity index (χ3n) is 4.75. The predicted molar refractivity (Wildman–Crippen MR) is 101 cm³/mol. The van der Waals surface area contributed by atoms with Crippen molar-refractivity contribution in [2.75, 3.05) is 21.9 Å². The van der Waals surface area contributed by atoms with E-state index in [0.29, 0.717) is 24.2 Å². The van der Waals surface area contributed by atoms with Gasteiger partial charge in [0.1, 0.15) is 0 Å². The number of nitrogens with one attached hydrogen (secondary N) is 1. The van der Waals surface area contributed by atoms with Gasteiger partial charge in [-0.25, -0.2) is 8.42 Å². The third kappa shape index (κ3) is 3.26. The second-order valence-corrected chi connectivity index (χ2v) is 8.45. The Morgan fingerprint density at radius 1 is 1.20 bits per heavy atom. The first kappa shape index (κ1) is 17.5. The summed E-state index contributed by atoms with van der Waals surface area (Å²) in [5.74, 6) is -0.116. The highest BCUT2D eigenvalue weighted by molar-refractivity contribution is 7.92. The number of nitrogens with zero attached hydrogens (tertiary/aromatic N) is 1. The highest BCUT2D eigenvalue weighted by Gasteiger charge is 2.28. The quantitative estimate of drug-likeness (QED) is 0.912. The lowest BCUT2D eigenvalue weighted by molar-refractivity contribution is 0.102.